The van der Waals surface area contributed by atoms with Crippen LogP contribution in [0.25, 0.3) is 0 Å². The molecule has 6 atom stereocenters. The minimum absolute atomic E-state index is 0.0179. The summed E-state index contributed by atoms with van der Waals surface area (Å²) in [6.45, 7) is 2.92. The number of likely N-dealkylation sites (tertiary alicyclic amines) is 2. The number of carbonyl (C=O) groups is 4. The average Bonchev–Trinajstić information content (AvgIpc) is 3.33. The summed E-state index contributed by atoms with van der Waals surface area (Å²) >= 11 is 0. The topological polar surface area (TPSA) is 96.0 Å². The van der Waals surface area contributed by atoms with Crippen LogP contribution in [0.4, 0.5) is 0 Å². The van der Waals surface area contributed by atoms with E-state index in [0.717, 1.165) is 83.0 Å². The molecule has 0 aromatic rings. The van der Waals surface area contributed by atoms with Crippen molar-refractivity contribution in [3.05, 3.63) is 0 Å². The maximum absolute atomic E-state index is 13.6. The van der Waals surface area contributed by atoms with E-state index in [1.54, 1.807) is 11.9 Å². The van der Waals surface area contributed by atoms with Crippen molar-refractivity contribution in [2.45, 2.75) is 115 Å². The molecule has 0 aromatic carbocycles. The van der Waals surface area contributed by atoms with Crippen LogP contribution in [0.1, 0.15) is 96.8 Å². The van der Waals surface area contributed by atoms with Crippen molar-refractivity contribution in [1.82, 2.24) is 15.1 Å². The Morgan fingerprint density at radius 2 is 1.21 bits per heavy atom. The maximum Gasteiger partial charge on any atom is 0.233 e. The first-order valence-electron chi connectivity index (χ1n) is 15.8. The van der Waals surface area contributed by atoms with Gasteiger partial charge in [-0.2, -0.15) is 0 Å². The predicted octanol–water partition coefficient (Wildman–Crippen LogP) is 3.87. The van der Waals surface area contributed by atoms with E-state index in [1.165, 1.54) is 17.7 Å². The van der Waals surface area contributed by atoms with Gasteiger partial charge < -0.3 is 4.74 Å². The van der Waals surface area contributed by atoms with E-state index in [-0.39, 0.29) is 53.3 Å². The number of nitrogens with zero attached hydrogens (tertiary/aromatic N) is 2. The zero-order valence-corrected chi connectivity index (χ0v) is 23.8. The normalized spacial score (nSPS) is 43.1. The van der Waals surface area contributed by atoms with E-state index >= 15 is 0 Å². The number of hydrogen-bond acceptors (Lipinski definition) is 6. The van der Waals surface area contributed by atoms with Crippen molar-refractivity contribution in [3.8, 4) is 0 Å². The van der Waals surface area contributed by atoms with Gasteiger partial charge in [0.2, 0.25) is 23.6 Å². The van der Waals surface area contributed by atoms with Crippen molar-refractivity contribution in [1.29, 1.82) is 0 Å². The number of fused-ring (bicyclic) bond motifs is 2. The van der Waals surface area contributed by atoms with Crippen LogP contribution in [-0.2, 0) is 23.9 Å². The largest absolute Gasteiger partial charge is 0.363 e. The van der Waals surface area contributed by atoms with Gasteiger partial charge >= 0.3 is 0 Å². The summed E-state index contributed by atoms with van der Waals surface area (Å²) in [5, 5.41) is 3.57. The number of imide groups is 2. The third-order valence-corrected chi connectivity index (χ3v) is 11.6. The Balaban J connectivity index is 0.986. The summed E-state index contributed by atoms with van der Waals surface area (Å²) in [5.41, 5.74) is 0. The molecule has 8 nitrogen and oxygen atoms in total. The van der Waals surface area contributed by atoms with Crippen LogP contribution in [0, 0.1) is 41.4 Å². The summed E-state index contributed by atoms with van der Waals surface area (Å²) < 4.78 is 6.09. The molecule has 6 aliphatic rings. The van der Waals surface area contributed by atoms with E-state index in [4.69, 9.17) is 4.74 Å². The van der Waals surface area contributed by atoms with Crippen LogP contribution in [0.3, 0.4) is 0 Å². The summed E-state index contributed by atoms with van der Waals surface area (Å²) in [5.74, 6) is 0.956. The van der Waals surface area contributed by atoms with Gasteiger partial charge in [0, 0.05) is 19.1 Å². The van der Waals surface area contributed by atoms with Crippen LogP contribution in [-0.4, -0.2) is 65.4 Å². The Morgan fingerprint density at radius 1 is 0.667 bits per heavy atom. The van der Waals surface area contributed by atoms with Gasteiger partial charge in [-0.1, -0.05) is 6.92 Å². The lowest BCUT2D eigenvalue weighted by atomic mass is 9.64. The molecule has 2 heterocycles. The smallest absolute Gasteiger partial charge is 0.233 e. The molecule has 6 fully saturated rings. The standard InChI is InChI=1S/C31H47N3O5/c1-18-3-11-23(12-4-18)39-17-32-21-7-9-22(10-8-21)34-30(37)25-14-6-20(16-27(25)31(34)38)19-5-13-24-26(15-19)29(36)33(2)28(24)35/h18-27,32H,3-17H2,1-2H3. The third kappa shape index (κ3) is 5.20. The molecule has 4 saturated carbocycles. The van der Waals surface area contributed by atoms with Crippen LogP contribution in [0.15, 0.2) is 0 Å². The average molecular weight is 542 g/mol. The van der Waals surface area contributed by atoms with Gasteiger partial charge in [-0.25, -0.2) is 0 Å². The van der Waals surface area contributed by atoms with Gasteiger partial charge in [-0.05, 0) is 108 Å². The second kappa shape index (κ2) is 11.2. The van der Waals surface area contributed by atoms with E-state index in [9.17, 15) is 19.2 Å². The molecule has 0 bridgehead atoms. The van der Waals surface area contributed by atoms with Gasteiger partial charge in [-0.3, -0.25) is 34.3 Å². The summed E-state index contributed by atoms with van der Waals surface area (Å²) in [6, 6.07) is 0.420. The molecule has 1 N–H and O–H groups in total. The number of hydrogen-bond donors (Lipinski definition) is 1. The molecular formula is C31H47N3O5. The molecule has 4 amide bonds. The molecule has 8 heteroatoms. The van der Waals surface area contributed by atoms with Gasteiger partial charge in [0.25, 0.3) is 0 Å². The van der Waals surface area contributed by atoms with E-state index < -0.39 is 0 Å². The fourth-order valence-electron chi connectivity index (χ4n) is 9.05. The predicted molar refractivity (Wildman–Crippen MR) is 145 cm³/mol. The van der Waals surface area contributed by atoms with Gasteiger partial charge in [0.1, 0.15) is 0 Å². The number of rotatable bonds is 6. The molecule has 2 aliphatic heterocycles. The first-order chi connectivity index (χ1) is 18.8. The minimum Gasteiger partial charge on any atom is -0.363 e. The van der Waals surface area contributed by atoms with Crippen LogP contribution in [0.2, 0.25) is 0 Å². The molecule has 6 unspecified atom stereocenters. The molecule has 216 valence electrons. The number of nitrogens with one attached hydrogen (secondary N) is 1. The molecule has 0 radical (unpaired) electrons. The zero-order chi connectivity index (χ0) is 27.3. The minimum atomic E-state index is -0.194. The second-order valence-electron chi connectivity index (χ2n) is 13.8. The lowest BCUT2D eigenvalue weighted by molar-refractivity contribution is -0.144. The first-order valence-corrected chi connectivity index (χ1v) is 15.8. The summed E-state index contributed by atoms with van der Waals surface area (Å²) in [6.07, 6.45) is 13.9. The van der Waals surface area contributed by atoms with E-state index in [0.29, 0.717) is 30.7 Å². The van der Waals surface area contributed by atoms with Gasteiger partial charge in [0.05, 0.1) is 36.5 Å². The fourth-order valence-corrected chi connectivity index (χ4v) is 9.05. The van der Waals surface area contributed by atoms with Gasteiger partial charge in [0.15, 0.2) is 0 Å². The Bertz CT molecular complexity index is 969. The highest BCUT2D eigenvalue weighted by Crippen LogP contribution is 2.50. The molecule has 4 aliphatic carbocycles. The Morgan fingerprint density at radius 3 is 1.85 bits per heavy atom. The van der Waals surface area contributed by atoms with E-state index in [1.807, 2.05) is 0 Å². The monoisotopic (exact) mass is 541 g/mol. The quantitative estimate of drug-likeness (QED) is 0.405. The SMILES string of the molecule is CC1CCC(OCNC2CCC(N3C(=O)C4CCC(C5CCC6C(=O)N(C)C(=O)C6C5)CC4C3=O)CC2)CC1. The fraction of sp³-hybridized carbons (Fsp3) is 0.871. The number of amides is 4. The van der Waals surface area contributed by atoms with Gasteiger partial charge in [-0.15, -0.1) is 0 Å². The van der Waals surface area contributed by atoms with Crippen molar-refractivity contribution in [3.63, 3.8) is 0 Å². The Kier molecular flexibility index (Phi) is 7.88. The first kappa shape index (κ1) is 27.4. The summed E-state index contributed by atoms with van der Waals surface area (Å²) in [4.78, 5) is 55.1. The molecule has 2 saturated heterocycles. The maximum atomic E-state index is 13.6. The Hall–Kier alpha value is -1.80. The van der Waals surface area contributed by atoms with Crippen LogP contribution in [0.5, 0.6) is 0 Å². The Labute approximate surface area is 232 Å². The molecule has 0 aromatic heterocycles. The third-order valence-electron chi connectivity index (χ3n) is 11.6. The van der Waals surface area contributed by atoms with Crippen molar-refractivity contribution < 1.29 is 23.9 Å². The highest BCUT2D eigenvalue weighted by Gasteiger charge is 2.55. The van der Waals surface area contributed by atoms with Crippen molar-refractivity contribution >= 4 is 23.6 Å². The number of ether oxygens (including phenoxy) is 1. The zero-order valence-electron chi connectivity index (χ0n) is 23.8. The lowest BCUT2D eigenvalue weighted by Crippen LogP contribution is -2.46. The van der Waals surface area contributed by atoms with Crippen molar-refractivity contribution in [2.75, 3.05) is 13.8 Å². The summed E-state index contributed by atoms with van der Waals surface area (Å²) in [7, 11) is 1.61. The van der Waals surface area contributed by atoms with Crippen molar-refractivity contribution in [2.24, 2.45) is 41.4 Å². The van der Waals surface area contributed by atoms with E-state index in [2.05, 4.69) is 12.2 Å². The number of carbonyl (C=O) groups excluding carboxylic acids is 4. The van der Waals surface area contributed by atoms with Crippen LogP contribution < -0.4 is 5.32 Å². The molecule has 39 heavy (non-hydrogen) atoms. The molecule has 6 rings (SSSR count). The highest BCUT2D eigenvalue weighted by atomic mass is 16.5. The highest BCUT2D eigenvalue weighted by molar-refractivity contribution is 6.06. The molecule has 0 spiro atoms. The second-order valence-corrected chi connectivity index (χ2v) is 13.8. The van der Waals surface area contributed by atoms with Crippen LogP contribution >= 0.6 is 0 Å². The molecular weight excluding hydrogens is 494 g/mol. The lowest BCUT2D eigenvalue weighted by Gasteiger charge is -2.38.